The summed E-state index contributed by atoms with van der Waals surface area (Å²) in [6.07, 6.45) is 2.18. The Bertz CT molecular complexity index is 806. The lowest BCUT2D eigenvalue weighted by Crippen LogP contribution is -2.25. The summed E-state index contributed by atoms with van der Waals surface area (Å²) < 4.78 is 0. The Morgan fingerprint density at radius 2 is 1.88 bits per heavy atom. The molecule has 3 rings (SSSR count). The Morgan fingerprint density at radius 1 is 1.12 bits per heavy atom. The Labute approximate surface area is 154 Å². The van der Waals surface area contributed by atoms with Gasteiger partial charge < -0.3 is 5.32 Å². The number of hydrogen-bond acceptors (Lipinski definition) is 4. The van der Waals surface area contributed by atoms with Crippen LogP contribution in [0, 0.1) is 0 Å². The van der Waals surface area contributed by atoms with Crippen LogP contribution >= 0.6 is 35.0 Å². The van der Waals surface area contributed by atoms with E-state index in [9.17, 15) is 4.79 Å². The van der Waals surface area contributed by atoms with Crippen molar-refractivity contribution in [1.82, 2.24) is 5.32 Å². The molecule has 2 aromatic carbocycles. The number of hydrogen-bond donors (Lipinski definition) is 1. The fraction of sp³-hybridized carbons (Fsp3) is 0.118. The van der Waals surface area contributed by atoms with E-state index in [1.807, 2.05) is 42.5 Å². The molecule has 0 radical (unpaired) electrons. The Kier molecular flexibility index (Phi) is 5.56. The van der Waals surface area contributed by atoms with Crippen LogP contribution in [0.25, 0.3) is 0 Å². The van der Waals surface area contributed by atoms with E-state index in [1.54, 1.807) is 12.3 Å². The molecule has 1 amide bonds. The predicted octanol–water partition coefficient (Wildman–Crippen LogP) is 4.16. The van der Waals surface area contributed by atoms with Crippen molar-refractivity contribution < 1.29 is 4.79 Å². The van der Waals surface area contributed by atoms with Crippen molar-refractivity contribution >= 4 is 52.3 Å². The Balaban J connectivity index is 1.63. The fourth-order valence-corrected chi connectivity index (χ4v) is 3.42. The molecule has 1 atom stereocenters. The van der Waals surface area contributed by atoms with Gasteiger partial charge in [0.25, 0.3) is 0 Å². The summed E-state index contributed by atoms with van der Waals surface area (Å²) in [7, 11) is 0. The molecule has 1 saturated heterocycles. The molecule has 0 aliphatic carbocycles. The molecule has 0 bridgehead atoms. The van der Waals surface area contributed by atoms with Crippen molar-refractivity contribution in [2.45, 2.75) is 11.7 Å². The third-order valence-electron chi connectivity index (χ3n) is 3.36. The zero-order valence-corrected chi connectivity index (χ0v) is 14.8. The second-order valence-corrected chi connectivity index (χ2v) is 7.13. The molecular weight excluding hydrogens is 365 g/mol. The lowest BCUT2D eigenvalue weighted by Gasteiger charge is -2.05. The number of thioether (sulfide) groups is 1. The number of nitrogens with one attached hydrogen (secondary N) is 1. The van der Waals surface area contributed by atoms with Crippen LogP contribution in [0.1, 0.15) is 11.1 Å². The van der Waals surface area contributed by atoms with Crippen LogP contribution in [0.15, 0.2) is 58.7 Å². The summed E-state index contributed by atoms with van der Waals surface area (Å²) in [4.78, 5) is 12.0. The number of nitrogens with zero attached hydrogens (tertiary/aromatic N) is 2. The molecule has 1 aliphatic rings. The first-order valence-electron chi connectivity index (χ1n) is 7.19. The normalized spacial score (nSPS) is 19.2. The van der Waals surface area contributed by atoms with Crippen LogP contribution in [-0.2, 0) is 11.2 Å². The molecule has 7 heteroatoms. The SMILES string of the molecule is O=C1N/C(=N/N=C\c2ccccc2Cl)S[C@@H]1Cc1ccc(Cl)cc1. The zero-order valence-electron chi connectivity index (χ0n) is 12.4. The highest BCUT2D eigenvalue weighted by molar-refractivity contribution is 8.15. The number of benzene rings is 2. The molecule has 1 heterocycles. The minimum absolute atomic E-state index is 0.0679. The Hall–Kier alpha value is -1.82. The number of halogens is 2. The first-order valence-corrected chi connectivity index (χ1v) is 8.83. The van der Waals surface area contributed by atoms with E-state index in [0.717, 1.165) is 11.1 Å². The van der Waals surface area contributed by atoms with Crippen LogP contribution in [0.2, 0.25) is 10.0 Å². The number of amidine groups is 1. The third kappa shape index (κ3) is 4.38. The van der Waals surface area contributed by atoms with Crippen molar-refractivity contribution in [1.29, 1.82) is 0 Å². The first kappa shape index (κ1) is 17.0. The minimum Gasteiger partial charge on any atom is -0.303 e. The maximum atomic E-state index is 12.0. The molecular formula is C17H13Cl2N3OS. The summed E-state index contributed by atoms with van der Waals surface area (Å²) in [5.41, 5.74) is 1.82. The molecule has 0 spiro atoms. The summed E-state index contributed by atoms with van der Waals surface area (Å²) in [6, 6.07) is 14.8. The molecule has 0 aromatic heterocycles. The number of rotatable bonds is 4. The molecule has 122 valence electrons. The lowest BCUT2D eigenvalue weighted by molar-refractivity contribution is -0.118. The van der Waals surface area contributed by atoms with Crippen LogP contribution < -0.4 is 5.32 Å². The van der Waals surface area contributed by atoms with Crippen LogP contribution in [0.3, 0.4) is 0 Å². The molecule has 0 saturated carbocycles. The first-order chi connectivity index (χ1) is 11.6. The monoisotopic (exact) mass is 377 g/mol. The van der Waals surface area contributed by atoms with Gasteiger partial charge in [-0.25, -0.2) is 0 Å². The van der Waals surface area contributed by atoms with E-state index in [1.165, 1.54) is 11.8 Å². The van der Waals surface area contributed by atoms with Gasteiger partial charge in [-0.1, -0.05) is 65.3 Å². The number of carbonyl (C=O) groups excluding carboxylic acids is 1. The summed E-state index contributed by atoms with van der Waals surface area (Å²) >= 11 is 13.3. The highest BCUT2D eigenvalue weighted by Crippen LogP contribution is 2.24. The third-order valence-corrected chi connectivity index (χ3v) is 5.03. The maximum Gasteiger partial charge on any atom is 0.239 e. The lowest BCUT2D eigenvalue weighted by atomic mass is 10.1. The van der Waals surface area contributed by atoms with E-state index in [0.29, 0.717) is 21.6 Å². The van der Waals surface area contributed by atoms with E-state index in [-0.39, 0.29) is 11.2 Å². The van der Waals surface area contributed by atoms with E-state index in [2.05, 4.69) is 15.5 Å². The summed E-state index contributed by atoms with van der Waals surface area (Å²) in [5, 5.41) is 12.3. The van der Waals surface area contributed by atoms with Crippen molar-refractivity contribution in [2.24, 2.45) is 10.2 Å². The molecule has 2 aromatic rings. The topological polar surface area (TPSA) is 53.8 Å². The van der Waals surface area contributed by atoms with E-state index >= 15 is 0 Å². The average molecular weight is 378 g/mol. The van der Waals surface area contributed by atoms with Gasteiger partial charge in [-0.2, -0.15) is 5.10 Å². The maximum absolute atomic E-state index is 12.0. The van der Waals surface area contributed by atoms with Gasteiger partial charge in [-0.15, -0.1) is 5.10 Å². The molecule has 0 unspecified atom stereocenters. The van der Waals surface area contributed by atoms with Gasteiger partial charge in [0.05, 0.1) is 11.5 Å². The zero-order chi connectivity index (χ0) is 16.9. The van der Waals surface area contributed by atoms with Gasteiger partial charge in [0.15, 0.2) is 5.17 Å². The average Bonchev–Trinajstić information content (AvgIpc) is 2.91. The quantitative estimate of drug-likeness (QED) is 0.642. The second-order valence-electron chi connectivity index (χ2n) is 5.10. The largest absolute Gasteiger partial charge is 0.303 e. The van der Waals surface area contributed by atoms with Crippen LogP contribution in [-0.4, -0.2) is 22.5 Å². The van der Waals surface area contributed by atoms with E-state index < -0.39 is 0 Å². The fourth-order valence-electron chi connectivity index (χ4n) is 2.14. The Morgan fingerprint density at radius 3 is 2.62 bits per heavy atom. The van der Waals surface area contributed by atoms with Gasteiger partial charge in [0, 0.05) is 15.6 Å². The van der Waals surface area contributed by atoms with Gasteiger partial charge in [-0.05, 0) is 30.2 Å². The van der Waals surface area contributed by atoms with Crippen molar-refractivity contribution in [3.63, 3.8) is 0 Å². The summed E-state index contributed by atoms with van der Waals surface area (Å²) in [6.45, 7) is 0. The molecule has 24 heavy (non-hydrogen) atoms. The minimum atomic E-state index is -0.222. The van der Waals surface area contributed by atoms with Crippen LogP contribution in [0.4, 0.5) is 0 Å². The van der Waals surface area contributed by atoms with Crippen molar-refractivity contribution in [3.8, 4) is 0 Å². The van der Waals surface area contributed by atoms with Gasteiger partial charge in [0.2, 0.25) is 5.91 Å². The highest BCUT2D eigenvalue weighted by Gasteiger charge is 2.30. The molecule has 1 fully saturated rings. The van der Waals surface area contributed by atoms with Crippen molar-refractivity contribution in [2.75, 3.05) is 0 Å². The molecule has 4 nitrogen and oxygen atoms in total. The smallest absolute Gasteiger partial charge is 0.239 e. The van der Waals surface area contributed by atoms with E-state index in [4.69, 9.17) is 23.2 Å². The standard InChI is InChI=1S/C17H13Cl2N3OS/c18-13-7-5-11(6-8-13)9-15-16(23)21-17(24-15)22-20-10-12-3-1-2-4-14(12)19/h1-8,10,15H,9H2,(H,21,22,23)/b20-10-/t15-/m1/s1. The second kappa shape index (κ2) is 7.83. The van der Waals surface area contributed by atoms with Crippen molar-refractivity contribution in [3.05, 3.63) is 69.7 Å². The summed E-state index contributed by atoms with van der Waals surface area (Å²) in [5.74, 6) is -0.0679. The van der Waals surface area contributed by atoms with Gasteiger partial charge >= 0.3 is 0 Å². The number of amides is 1. The number of carbonyl (C=O) groups is 1. The van der Waals surface area contributed by atoms with Crippen LogP contribution in [0.5, 0.6) is 0 Å². The molecule has 1 N–H and O–H groups in total. The molecule has 1 aliphatic heterocycles. The van der Waals surface area contributed by atoms with Gasteiger partial charge in [0.1, 0.15) is 0 Å². The van der Waals surface area contributed by atoms with Gasteiger partial charge in [-0.3, -0.25) is 4.79 Å². The highest BCUT2D eigenvalue weighted by atomic mass is 35.5. The predicted molar refractivity (Wildman–Crippen MR) is 101 cm³/mol.